The van der Waals surface area contributed by atoms with Gasteiger partial charge in [0.15, 0.2) is 0 Å². The van der Waals surface area contributed by atoms with Gasteiger partial charge < -0.3 is 10.3 Å². The van der Waals surface area contributed by atoms with E-state index in [9.17, 15) is 0 Å². The number of H-pyrrole nitrogens is 1. The molecule has 0 unspecified atom stereocenters. The molecule has 0 aliphatic heterocycles. The van der Waals surface area contributed by atoms with Crippen LogP contribution in [-0.4, -0.2) is 17.0 Å². The zero-order valence-electron chi connectivity index (χ0n) is 10.2. The molecular formula is C13H16BrN3. The van der Waals surface area contributed by atoms with E-state index < -0.39 is 0 Å². The number of aromatic amines is 1. The number of hydrogen-bond donors (Lipinski definition) is 2. The third-order valence-corrected chi connectivity index (χ3v) is 3.65. The van der Waals surface area contributed by atoms with Gasteiger partial charge in [0.1, 0.15) is 5.82 Å². The molecule has 0 aliphatic rings. The molecule has 1 aromatic heterocycles. The topological polar surface area (TPSA) is 40.7 Å². The van der Waals surface area contributed by atoms with E-state index in [4.69, 9.17) is 0 Å². The standard InChI is InChI=1S/C13H16BrN3/c1-13(2,15-3)12-16-8-11(17-12)9-6-4-5-7-10(9)14/h4-8,15H,1-3H3,(H,16,17). The van der Waals surface area contributed by atoms with E-state index in [1.165, 1.54) is 0 Å². The molecule has 4 heteroatoms. The van der Waals surface area contributed by atoms with Gasteiger partial charge in [0.25, 0.3) is 0 Å². The molecule has 1 aromatic carbocycles. The van der Waals surface area contributed by atoms with Crippen molar-refractivity contribution in [3.05, 3.63) is 40.8 Å². The van der Waals surface area contributed by atoms with Gasteiger partial charge in [0, 0.05) is 10.0 Å². The van der Waals surface area contributed by atoms with E-state index in [0.717, 1.165) is 21.6 Å². The van der Waals surface area contributed by atoms with Crippen LogP contribution in [0.5, 0.6) is 0 Å². The molecule has 0 fully saturated rings. The van der Waals surface area contributed by atoms with Gasteiger partial charge in [-0.2, -0.15) is 0 Å². The van der Waals surface area contributed by atoms with E-state index in [1.54, 1.807) is 0 Å². The molecule has 0 saturated heterocycles. The van der Waals surface area contributed by atoms with E-state index >= 15 is 0 Å². The summed E-state index contributed by atoms with van der Waals surface area (Å²) in [5, 5.41) is 3.23. The van der Waals surface area contributed by atoms with Gasteiger partial charge in [-0.05, 0) is 27.0 Å². The van der Waals surface area contributed by atoms with Crippen LogP contribution in [0.15, 0.2) is 34.9 Å². The predicted molar refractivity (Wildman–Crippen MR) is 73.8 cm³/mol. The highest BCUT2D eigenvalue weighted by molar-refractivity contribution is 9.10. The number of halogens is 1. The molecule has 3 nitrogen and oxygen atoms in total. The minimum absolute atomic E-state index is 0.153. The molecule has 0 amide bonds. The second kappa shape index (κ2) is 4.63. The van der Waals surface area contributed by atoms with Crippen molar-refractivity contribution in [1.29, 1.82) is 0 Å². The monoisotopic (exact) mass is 293 g/mol. The molecule has 0 radical (unpaired) electrons. The highest BCUT2D eigenvalue weighted by atomic mass is 79.9. The summed E-state index contributed by atoms with van der Waals surface area (Å²) >= 11 is 3.55. The average molecular weight is 294 g/mol. The molecule has 90 valence electrons. The van der Waals surface area contributed by atoms with Crippen LogP contribution in [0.3, 0.4) is 0 Å². The molecule has 0 atom stereocenters. The molecule has 2 aromatic rings. The smallest absolute Gasteiger partial charge is 0.126 e. The van der Waals surface area contributed by atoms with E-state index in [0.29, 0.717) is 0 Å². The Hall–Kier alpha value is -1.13. The number of aromatic nitrogens is 2. The Balaban J connectivity index is 2.40. The van der Waals surface area contributed by atoms with Crippen molar-refractivity contribution in [1.82, 2.24) is 15.3 Å². The van der Waals surface area contributed by atoms with Gasteiger partial charge in [-0.3, -0.25) is 0 Å². The van der Waals surface area contributed by atoms with Crippen molar-refractivity contribution in [3.63, 3.8) is 0 Å². The van der Waals surface area contributed by atoms with Crippen molar-refractivity contribution >= 4 is 15.9 Å². The fourth-order valence-corrected chi connectivity index (χ4v) is 2.07. The Kier molecular flexibility index (Phi) is 3.35. The lowest BCUT2D eigenvalue weighted by molar-refractivity contribution is 0.421. The van der Waals surface area contributed by atoms with Gasteiger partial charge >= 0.3 is 0 Å². The minimum Gasteiger partial charge on any atom is -0.340 e. The first-order valence-electron chi connectivity index (χ1n) is 5.54. The quantitative estimate of drug-likeness (QED) is 0.912. The van der Waals surface area contributed by atoms with Crippen LogP contribution >= 0.6 is 15.9 Å². The van der Waals surface area contributed by atoms with Crippen LogP contribution in [-0.2, 0) is 5.54 Å². The number of imidazole rings is 1. The minimum atomic E-state index is -0.153. The normalized spacial score (nSPS) is 11.8. The summed E-state index contributed by atoms with van der Waals surface area (Å²) in [6.45, 7) is 4.19. The maximum Gasteiger partial charge on any atom is 0.126 e. The van der Waals surface area contributed by atoms with Gasteiger partial charge in [-0.25, -0.2) is 4.98 Å². The average Bonchev–Trinajstić information content (AvgIpc) is 2.79. The summed E-state index contributed by atoms with van der Waals surface area (Å²) < 4.78 is 1.07. The Labute approximate surface area is 110 Å². The Bertz CT molecular complexity index is 517. The van der Waals surface area contributed by atoms with E-state index in [-0.39, 0.29) is 5.54 Å². The van der Waals surface area contributed by atoms with E-state index in [2.05, 4.69) is 51.1 Å². The lowest BCUT2D eigenvalue weighted by atomic mass is 10.1. The van der Waals surface area contributed by atoms with Crippen LogP contribution in [0, 0.1) is 0 Å². The SMILES string of the molecule is CNC(C)(C)c1ncc(-c2ccccc2Br)[nH]1. The first kappa shape index (κ1) is 12.3. The molecule has 2 N–H and O–H groups in total. The number of benzene rings is 1. The van der Waals surface area contributed by atoms with Crippen LogP contribution in [0.25, 0.3) is 11.3 Å². The highest BCUT2D eigenvalue weighted by Crippen LogP contribution is 2.28. The fraction of sp³-hybridized carbons (Fsp3) is 0.308. The van der Waals surface area contributed by atoms with Crippen molar-refractivity contribution in [2.24, 2.45) is 0 Å². The zero-order valence-corrected chi connectivity index (χ0v) is 11.8. The second-order valence-electron chi connectivity index (χ2n) is 4.50. The third kappa shape index (κ3) is 2.42. The maximum absolute atomic E-state index is 4.44. The third-order valence-electron chi connectivity index (χ3n) is 2.96. The molecule has 1 heterocycles. The van der Waals surface area contributed by atoms with Crippen molar-refractivity contribution in [3.8, 4) is 11.3 Å². The summed E-state index contributed by atoms with van der Waals surface area (Å²) in [6.07, 6.45) is 1.87. The zero-order chi connectivity index (χ0) is 12.5. The number of nitrogens with one attached hydrogen (secondary N) is 2. The lowest BCUT2D eigenvalue weighted by Gasteiger charge is -2.20. The summed E-state index contributed by atoms with van der Waals surface area (Å²) in [7, 11) is 1.93. The van der Waals surface area contributed by atoms with Crippen molar-refractivity contribution < 1.29 is 0 Å². The molecule has 0 saturated carbocycles. The summed E-state index contributed by atoms with van der Waals surface area (Å²) in [5.41, 5.74) is 1.99. The van der Waals surface area contributed by atoms with Gasteiger partial charge in [0.2, 0.25) is 0 Å². The Morgan fingerprint density at radius 3 is 2.65 bits per heavy atom. The lowest BCUT2D eigenvalue weighted by Crippen LogP contribution is -2.34. The Morgan fingerprint density at radius 1 is 1.29 bits per heavy atom. The summed E-state index contributed by atoms with van der Waals surface area (Å²) in [4.78, 5) is 7.80. The second-order valence-corrected chi connectivity index (χ2v) is 5.35. The van der Waals surface area contributed by atoms with Crippen LogP contribution in [0.1, 0.15) is 19.7 Å². The number of nitrogens with zero attached hydrogens (tertiary/aromatic N) is 1. The van der Waals surface area contributed by atoms with Crippen molar-refractivity contribution in [2.45, 2.75) is 19.4 Å². The van der Waals surface area contributed by atoms with Crippen molar-refractivity contribution in [2.75, 3.05) is 7.05 Å². The molecule has 0 aliphatic carbocycles. The highest BCUT2D eigenvalue weighted by Gasteiger charge is 2.21. The fourth-order valence-electron chi connectivity index (χ4n) is 1.57. The van der Waals surface area contributed by atoms with Crippen LogP contribution in [0.4, 0.5) is 0 Å². The summed E-state index contributed by atoms with van der Waals surface area (Å²) in [6, 6.07) is 8.11. The van der Waals surface area contributed by atoms with Gasteiger partial charge in [-0.15, -0.1) is 0 Å². The van der Waals surface area contributed by atoms with Gasteiger partial charge in [-0.1, -0.05) is 34.1 Å². The number of rotatable bonds is 3. The molecular weight excluding hydrogens is 278 g/mol. The first-order chi connectivity index (χ1) is 8.04. The van der Waals surface area contributed by atoms with Crippen LogP contribution in [0.2, 0.25) is 0 Å². The van der Waals surface area contributed by atoms with E-state index in [1.807, 2.05) is 31.4 Å². The Morgan fingerprint density at radius 2 is 2.00 bits per heavy atom. The molecule has 0 spiro atoms. The maximum atomic E-state index is 4.44. The molecule has 0 bridgehead atoms. The van der Waals surface area contributed by atoms with Crippen LogP contribution < -0.4 is 5.32 Å². The van der Waals surface area contributed by atoms with Gasteiger partial charge in [0.05, 0.1) is 17.4 Å². The number of hydrogen-bond acceptors (Lipinski definition) is 2. The molecule has 17 heavy (non-hydrogen) atoms. The predicted octanol–water partition coefficient (Wildman–Crippen LogP) is 3.29. The molecule has 2 rings (SSSR count). The largest absolute Gasteiger partial charge is 0.340 e. The summed E-state index contributed by atoms with van der Waals surface area (Å²) in [5.74, 6) is 0.936. The first-order valence-corrected chi connectivity index (χ1v) is 6.33.